The fourth-order valence-corrected chi connectivity index (χ4v) is 1.55. The smallest absolute Gasteiger partial charge is 0.239 e. The van der Waals surface area contributed by atoms with Gasteiger partial charge >= 0.3 is 0 Å². The van der Waals surface area contributed by atoms with Gasteiger partial charge in [-0.25, -0.2) is 0 Å². The summed E-state index contributed by atoms with van der Waals surface area (Å²) in [7, 11) is 1.83. The number of benzene rings is 1. The third-order valence-electron chi connectivity index (χ3n) is 2.95. The van der Waals surface area contributed by atoms with Gasteiger partial charge in [0, 0.05) is 20.1 Å². The van der Waals surface area contributed by atoms with E-state index in [1.54, 1.807) is 4.90 Å². The van der Waals surface area contributed by atoms with Crippen LogP contribution < -0.4 is 5.32 Å². The summed E-state index contributed by atoms with van der Waals surface area (Å²) in [5.74, 6) is 0.139. The molecular weight excluding hydrogens is 212 g/mol. The molecule has 0 aliphatic carbocycles. The number of carbonyl (C=O) groups is 1. The maximum absolute atomic E-state index is 11.8. The number of carbonyl (C=O) groups excluding carboxylic acids is 1. The fourth-order valence-electron chi connectivity index (χ4n) is 1.55. The Morgan fingerprint density at radius 3 is 2.47 bits per heavy atom. The first-order chi connectivity index (χ1) is 8.04. The van der Waals surface area contributed by atoms with Crippen molar-refractivity contribution >= 4 is 5.91 Å². The summed E-state index contributed by atoms with van der Waals surface area (Å²) in [4.78, 5) is 13.5. The van der Waals surface area contributed by atoms with Crippen LogP contribution in [0.25, 0.3) is 0 Å². The van der Waals surface area contributed by atoms with Gasteiger partial charge in [-0.3, -0.25) is 4.79 Å². The van der Waals surface area contributed by atoms with Crippen LogP contribution in [-0.4, -0.2) is 30.4 Å². The van der Waals surface area contributed by atoms with Crippen LogP contribution in [0.1, 0.15) is 25.0 Å². The van der Waals surface area contributed by atoms with Crippen LogP contribution in [0.2, 0.25) is 0 Å². The Kier molecular flexibility index (Phi) is 5.16. The second-order valence-electron chi connectivity index (χ2n) is 4.44. The van der Waals surface area contributed by atoms with Crippen molar-refractivity contribution in [2.45, 2.75) is 33.4 Å². The average molecular weight is 234 g/mol. The van der Waals surface area contributed by atoms with Gasteiger partial charge in [0.2, 0.25) is 5.91 Å². The van der Waals surface area contributed by atoms with Crippen molar-refractivity contribution in [1.82, 2.24) is 10.2 Å². The number of nitrogens with zero attached hydrogens (tertiary/aromatic N) is 1. The van der Waals surface area contributed by atoms with Crippen LogP contribution in [0, 0.1) is 6.92 Å². The Balaban J connectivity index is 2.45. The first-order valence-electron chi connectivity index (χ1n) is 6.08. The molecule has 0 bridgehead atoms. The van der Waals surface area contributed by atoms with Crippen molar-refractivity contribution in [3.63, 3.8) is 0 Å². The van der Waals surface area contributed by atoms with Crippen LogP contribution in [0.3, 0.4) is 0 Å². The summed E-state index contributed by atoms with van der Waals surface area (Å²) in [6.07, 6.45) is 0. The lowest BCUT2D eigenvalue weighted by molar-refractivity contribution is -0.131. The van der Waals surface area contributed by atoms with Gasteiger partial charge in [0.15, 0.2) is 0 Å². The Labute approximate surface area is 104 Å². The van der Waals surface area contributed by atoms with E-state index in [0.717, 1.165) is 13.1 Å². The molecule has 0 aromatic heterocycles. The summed E-state index contributed by atoms with van der Waals surface area (Å²) >= 11 is 0. The standard InChI is InChI=1S/C14H22N2O/c1-5-16(4)14(17)12(3)15-10-13-8-6-11(2)7-9-13/h6-9,12,15H,5,10H2,1-4H3. The Morgan fingerprint density at radius 1 is 1.35 bits per heavy atom. The predicted molar refractivity (Wildman–Crippen MR) is 70.8 cm³/mol. The molecule has 0 saturated heterocycles. The molecule has 1 unspecified atom stereocenters. The minimum atomic E-state index is -0.138. The lowest BCUT2D eigenvalue weighted by atomic mass is 10.1. The minimum Gasteiger partial charge on any atom is -0.345 e. The monoisotopic (exact) mass is 234 g/mol. The van der Waals surface area contributed by atoms with Gasteiger partial charge in [-0.1, -0.05) is 29.8 Å². The van der Waals surface area contributed by atoms with Crippen LogP contribution in [0.15, 0.2) is 24.3 Å². The zero-order chi connectivity index (χ0) is 12.8. The molecule has 94 valence electrons. The molecule has 0 aliphatic heterocycles. The molecule has 0 fully saturated rings. The number of likely N-dealkylation sites (N-methyl/N-ethyl adjacent to an activating group) is 1. The normalized spacial score (nSPS) is 12.2. The SMILES string of the molecule is CCN(C)C(=O)C(C)NCc1ccc(C)cc1. The van der Waals surface area contributed by atoms with Gasteiger partial charge in [0.25, 0.3) is 0 Å². The van der Waals surface area contributed by atoms with Gasteiger partial charge in [-0.05, 0) is 26.3 Å². The van der Waals surface area contributed by atoms with Gasteiger partial charge < -0.3 is 10.2 Å². The molecular formula is C14H22N2O. The fraction of sp³-hybridized carbons (Fsp3) is 0.500. The molecule has 0 radical (unpaired) electrons. The highest BCUT2D eigenvalue weighted by Gasteiger charge is 2.15. The molecule has 0 heterocycles. The highest BCUT2D eigenvalue weighted by Crippen LogP contribution is 2.03. The zero-order valence-corrected chi connectivity index (χ0v) is 11.2. The van der Waals surface area contributed by atoms with E-state index in [9.17, 15) is 4.79 Å². The Morgan fingerprint density at radius 2 is 1.94 bits per heavy atom. The first kappa shape index (κ1) is 13.7. The quantitative estimate of drug-likeness (QED) is 0.844. The number of hydrogen-bond acceptors (Lipinski definition) is 2. The molecule has 1 N–H and O–H groups in total. The van der Waals surface area contributed by atoms with E-state index < -0.39 is 0 Å². The molecule has 1 rings (SSSR count). The van der Waals surface area contributed by atoms with Crippen LogP contribution >= 0.6 is 0 Å². The van der Waals surface area contributed by atoms with Gasteiger partial charge in [0.05, 0.1) is 6.04 Å². The lowest BCUT2D eigenvalue weighted by Gasteiger charge is -2.20. The third kappa shape index (κ3) is 4.19. The highest BCUT2D eigenvalue weighted by molar-refractivity contribution is 5.81. The van der Waals surface area contributed by atoms with Crippen LogP contribution in [0.4, 0.5) is 0 Å². The van der Waals surface area contributed by atoms with Crippen molar-refractivity contribution in [1.29, 1.82) is 0 Å². The van der Waals surface area contributed by atoms with Crippen molar-refractivity contribution in [3.05, 3.63) is 35.4 Å². The summed E-state index contributed by atoms with van der Waals surface area (Å²) in [6.45, 7) is 7.42. The molecule has 3 heteroatoms. The first-order valence-corrected chi connectivity index (χ1v) is 6.08. The second kappa shape index (κ2) is 6.40. The largest absolute Gasteiger partial charge is 0.345 e. The van der Waals surface area contributed by atoms with Gasteiger partial charge in [-0.15, -0.1) is 0 Å². The molecule has 1 aromatic rings. The third-order valence-corrected chi connectivity index (χ3v) is 2.95. The van der Waals surface area contributed by atoms with Gasteiger partial charge in [-0.2, -0.15) is 0 Å². The number of hydrogen-bond donors (Lipinski definition) is 1. The van der Waals surface area contributed by atoms with E-state index in [1.807, 2.05) is 20.9 Å². The van der Waals surface area contributed by atoms with Gasteiger partial charge in [0.1, 0.15) is 0 Å². The maximum atomic E-state index is 11.8. The number of aryl methyl sites for hydroxylation is 1. The number of amides is 1. The summed E-state index contributed by atoms with van der Waals surface area (Å²) < 4.78 is 0. The van der Waals surface area contributed by atoms with Crippen molar-refractivity contribution in [3.8, 4) is 0 Å². The molecule has 0 spiro atoms. The number of rotatable bonds is 5. The number of nitrogens with one attached hydrogen (secondary N) is 1. The molecule has 0 aliphatic rings. The van der Waals surface area contributed by atoms with Crippen LogP contribution in [-0.2, 0) is 11.3 Å². The summed E-state index contributed by atoms with van der Waals surface area (Å²) in [5, 5.41) is 3.24. The van der Waals surface area contributed by atoms with Crippen molar-refractivity contribution < 1.29 is 4.79 Å². The summed E-state index contributed by atoms with van der Waals surface area (Å²) in [6, 6.07) is 8.20. The Hall–Kier alpha value is -1.35. The van der Waals surface area contributed by atoms with E-state index >= 15 is 0 Å². The van der Waals surface area contributed by atoms with Crippen molar-refractivity contribution in [2.75, 3.05) is 13.6 Å². The molecule has 0 saturated carbocycles. The van der Waals surface area contributed by atoms with E-state index in [0.29, 0.717) is 0 Å². The minimum absolute atomic E-state index is 0.138. The van der Waals surface area contributed by atoms with Crippen molar-refractivity contribution in [2.24, 2.45) is 0 Å². The second-order valence-corrected chi connectivity index (χ2v) is 4.44. The molecule has 1 amide bonds. The van der Waals surface area contributed by atoms with E-state index in [1.165, 1.54) is 11.1 Å². The maximum Gasteiger partial charge on any atom is 0.239 e. The topological polar surface area (TPSA) is 32.3 Å². The lowest BCUT2D eigenvalue weighted by Crippen LogP contribution is -2.42. The molecule has 3 nitrogen and oxygen atoms in total. The van der Waals surface area contributed by atoms with Crippen LogP contribution in [0.5, 0.6) is 0 Å². The molecule has 17 heavy (non-hydrogen) atoms. The van der Waals surface area contributed by atoms with E-state index in [2.05, 4.69) is 36.5 Å². The zero-order valence-electron chi connectivity index (χ0n) is 11.2. The van der Waals surface area contributed by atoms with E-state index in [-0.39, 0.29) is 11.9 Å². The molecule has 1 aromatic carbocycles. The highest BCUT2D eigenvalue weighted by atomic mass is 16.2. The average Bonchev–Trinajstić information content (AvgIpc) is 2.35. The Bertz CT molecular complexity index is 359. The molecule has 1 atom stereocenters. The summed E-state index contributed by atoms with van der Waals surface area (Å²) in [5.41, 5.74) is 2.46. The van der Waals surface area contributed by atoms with E-state index in [4.69, 9.17) is 0 Å². The predicted octanol–water partition coefficient (Wildman–Crippen LogP) is 1.95.